The Kier molecular flexibility index (Phi) is 3.04. The average Bonchev–Trinajstić information content (AvgIpc) is 3.20. The normalized spacial score (nSPS) is 31.3. The molecule has 5 heteroatoms. The monoisotopic (exact) mass is 299 g/mol. The SMILES string of the molecule is O=C(O)[C@@H]1[C@H](C(=O)Nc2ccc3c(c2)CCC3)[C@H]2C=C[C@@H]1O2. The molecule has 1 amide bonds. The number of benzene rings is 1. The highest BCUT2D eigenvalue weighted by Crippen LogP contribution is 2.40. The molecule has 1 aromatic rings. The third-order valence-electron chi connectivity index (χ3n) is 4.85. The number of nitrogens with one attached hydrogen (secondary N) is 1. The topological polar surface area (TPSA) is 75.6 Å². The lowest BCUT2D eigenvalue weighted by Crippen LogP contribution is -2.39. The van der Waals surface area contributed by atoms with E-state index >= 15 is 0 Å². The molecule has 0 aromatic heterocycles. The molecule has 1 saturated heterocycles. The zero-order valence-corrected chi connectivity index (χ0v) is 12.0. The van der Waals surface area contributed by atoms with E-state index in [9.17, 15) is 14.7 Å². The van der Waals surface area contributed by atoms with Crippen LogP contribution in [-0.4, -0.2) is 29.2 Å². The zero-order valence-electron chi connectivity index (χ0n) is 12.0. The molecule has 0 unspecified atom stereocenters. The minimum absolute atomic E-state index is 0.276. The van der Waals surface area contributed by atoms with Crippen molar-refractivity contribution in [1.29, 1.82) is 0 Å². The van der Waals surface area contributed by atoms with Crippen LogP contribution in [0, 0.1) is 11.8 Å². The summed E-state index contributed by atoms with van der Waals surface area (Å²) in [7, 11) is 0. The largest absolute Gasteiger partial charge is 0.481 e. The molecule has 4 rings (SSSR count). The molecule has 1 aromatic carbocycles. The van der Waals surface area contributed by atoms with Gasteiger partial charge in [0.15, 0.2) is 0 Å². The van der Waals surface area contributed by atoms with Crippen LogP contribution in [0.4, 0.5) is 5.69 Å². The summed E-state index contributed by atoms with van der Waals surface area (Å²) in [5.74, 6) is -2.72. The van der Waals surface area contributed by atoms with Crippen LogP contribution in [0.25, 0.3) is 0 Å². The Morgan fingerprint density at radius 1 is 1.09 bits per heavy atom. The molecule has 5 nitrogen and oxygen atoms in total. The number of carbonyl (C=O) groups is 2. The van der Waals surface area contributed by atoms with Crippen LogP contribution in [-0.2, 0) is 27.2 Å². The molecule has 2 N–H and O–H groups in total. The van der Waals surface area contributed by atoms with Crippen molar-refractivity contribution in [3.8, 4) is 0 Å². The summed E-state index contributed by atoms with van der Waals surface area (Å²) < 4.78 is 5.54. The van der Waals surface area contributed by atoms with Crippen LogP contribution in [0.1, 0.15) is 17.5 Å². The second-order valence-electron chi connectivity index (χ2n) is 6.17. The van der Waals surface area contributed by atoms with Crippen molar-refractivity contribution in [3.63, 3.8) is 0 Å². The maximum absolute atomic E-state index is 12.5. The van der Waals surface area contributed by atoms with Gasteiger partial charge < -0.3 is 15.2 Å². The maximum atomic E-state index is 12.5. The van der Waals surface area contributed by atoms with Gasteiger partial charge in [-0.05, 0) is 42.5 Å². The van der Waals surface area contributed by atoms with E-state index in [0.717, 1.165) is 24.9 Å². The summed E-state index contributed by atoms with van der Waals surface area (Å²) >= 11 is 0. The first-order valence-corrected chi connectivity index (χ1v) is 7.63. The zero-order chi connectivity index (χ0) is 15.3. The Hall–Kier alpha value is -2.14. The summed E-state index contributed by atoms with van der Waals surface area (Å²) in [5.41, 5.74) is 3.35. The molecular formula is C17H17NO4. The molecule has 3 aliphatic rings. The Bertz CT molecular complexity index is 681. The lowest BCUT2D eigenvalue weighted by Gasteiger charge is -2.21. The van der Waals surface area contributed by atoms with Crippen molar-refractivity contribution in [3.05, 3.63) is 41.5 Å². The van der Waals surface area contributed by atoms with Gasteiger partial charge in [-0.1, -0.05) is 18.2 Å². The molecular weight excluding hydrogens is 282 g/mol. The number of hydrogen-bond donors (Lipinski definition) is 2. The Morgan fingerprint density at radius 3 is 2.59 bits per heavy atom. The van der Waals surface area contributed by atoms with Gasteiger partial charge in [-0.3, -0.25) is 9.59 Å². The van der Waals surface area contributed by atoms with E-state index in [1.165, 1.54) is 11.1 Å². The Balaban J connectivity index is 1.55. The van der Waals surface area contributed by atoms with Crippen LogP contribution in [0.15, 0.2) is 30.4 Å². The lowest BCUT2D eigenvalue weighted by molar-refractivity contribution is -0.145. The van der Waals surface area contributed by atoms with Crippen molar-refractivity contribution >= 4 is 17.6 Å². The second kappa shape index (κ2) is 4.95. The minimum Gasteiger partial charge on any atom is -0.481 e. The van der Waals surface area contributed by atoms with Gasteiger partial charge in [0.05, 0.1) is 18.1 Å². The number of aliphatic carboxylic acids is 1. The number of carbonyl (C=O) groups excluding carboxylic acids is 1. The van der Waals surface area contributed by atoms with E-state index in [1.807, 2.05) is 18.2 Å². The first kappa shape index (κ1) is 13.5. The van der Waals surface area contributed by atoms with E-state index < -0.39 is 30.0 Å². The van der Waals surface area contributed by atoms with Crippen molar-refractivity contribution in [2.24, 2.45) is 11.8 Å². The highest BCUT2D eigenvalue weighted by atomic mass is 16.5. The van der Waals surface area contributed by atoms with Gasteiger partial charge >= 0.3 is 5.97 Å². The number of amides is 1. The number of fused-ring (bicyclic) bond motifs is 3. The van der Waals surface area contributed by atoms with Crippen molar-refractivity contribution in [2.75, 3.05) is 5.32 Å². The first-order valence-electron chi connectivity index (χ1n) is 7.63. The van der Waals surface area contributed by atoms with Gasteiger partial charge in [-0.2, -0.15) is 0 Å². The van der Waals surface area contributed by atoms with E-state index in [4.69, 9.17) is 4.74 Å². The molecule has 0 spiro atoms. The second-order valence-corrected chi connectivity index (χ2v) is 6.17. The Labute approximate surface area is 128 Å². The summed E-state index contributed by atoms with van der Waals surface area (Å²) in [6, 6.07) is 5.94. The van der Waals surface area contributed by atoms with Crippen LogP contribution >= 0.6 is 0 Å². The number of anilines is 1. The highest BCUT2D eigenvalue weighted by Gasteiger charge is 2.53. The van der Waals surface area contributed by atoms with Crippen molar-refractivity contribution < 1.29 is 19.4 Å². The molecule has 1 fully saturated rings. The van der Waals surface area contributed by atoms with E-state index in [1.54, 1.807) is 12.2 Å². The van der Waals surface area contributed by atoms with Gasteiger partial charge in [-0.25, -0.2) is 0 Å². The fourth-order valence-corrected chi connectivity index (χ4v) is 3.79. The van der Waals surface area contributed by atoms with Gasteiger partial charge in [0.1, 0.15) is 5.92 Å². The molecule has 2 bridgehead atoms. The number of carboxylic acids is 1. The van der Waals surface area contributed by atoms with Gasteiger partial charge in [0.25, 0.3) is 0 Å². The minimum atomic E-state index is -0.981. The number of rotatable bonds is 3. The predicted octanol–water partition coefficient (Wildman–Crippen LogP) is 1.77. The smallest absolute Gasteiger partial charge is 0.310 e. The lowest BCUT2D eigenvalue weighted by atomic mass is 9.82. The highest BCUT2D eigenvalue weighted by molar-refractivity contribution is 5.96. The molecule has 22 heavy (non-hydrogen) atoms. The van der Waals surface area contributed by atoms with E-state index in [-0.39, 0.29) is 5.91 Å². The average molecular weight is 299 g/mol. The molecule has 0 radical (unpaired) electrons. The van der Waals surface area contributed by atoms with Gasteiger partial charge in [0, 0.05) is 5.69 Å². The third-order valence-corrected chi connectivity index (χ3v) is 4.85. The molecule has 114 valence electrons. The summed E-state index contributed by atoms with van der Waals surface area (Å²) in [6.45, 7) is 0. The van der Waals surface area contributed by atoms with Gasteiger partial charge in [0.2, 0.25) is 5.91 Å². The maximum Gasteiger partial charge on any atom is 0.310 e. The molecule has 2 aliphatic heterocycles. The fraction of sp³-hybridized carbons (Fsp3) is 0.412. The Morgan fingerprint density at radius 2 is 1.82 bits per heavy atom. The number of carboxylic acid groups (broad SMARTS) is 1. The van der Waals surface area contributed by atoms with Crippen molar-refractivity contribution in [1.82, 2.24) is 0 Å². The standard InChI is InChI=1S/C17H17NO4/c19-16(14-12-6-7-13(22-12)15(14)17(20)21)18-11-5-4-9-2-1-3-10(9)8-11/h4-8,12-15H,1-3H2,(H,18,19)(H,20,21)/t12-,13+,14-,15+/m1/s1. The first-order chi connectivity index (χ1) is 10.6. The van der Waals surface area contributed by atoms with Crippen LogP contribution < -0.4 is 5.32 Å². The molecule has 0 saturated carbocycles. The number of hydrogen-bond acceptors (Lipinski definition) is 3. The van der Waals surface area contributed by atoms with Crippen LogP contribution in [0.5, 0.6) is 0 Å². The van der Waals surface area contributed by atoms with Crippen LogP contribution in [0.3, 0.4) is 0 Å². The summed E-state index contributed by atoms with van der Waals surface area (Å²) in [5, 5.41) is 12.2. The summed E-state index contributed by atoms with van der Waals surface area (Å²) in [6.07, 6.45) is 5.89. The van der Waals surface area contributed by atoms with Crippen LogP contribution in [0.2, 0.25) is 0 Å². The molecule has 4 atom stereocenters. The summed E-state index contributed by atoms with van der Waals surface area (Å²) in [4.78, 5) is 23.9. The van der Waals surface area contributed by atoms with Crippen molar-refractivity contribution in [2.45, 2.75) is 31.5 Å². The van der Waals surface area contributed by atoms with Gasteiger partial charge in [-0.15, -0.1) is 0 Å². The quantitative estimate of drug-likeness (QED) is 0.834. The fourth-order valence-electron chi connectivity index (χ4n) is 3.79. The van der Waals surface area contributed by atoms with E-state index in [2.05, 4.69) is 5.32 Å². The molecule has 2 heterocycles. The van der Waals surface area contributed by atoms with E-state index in [0.29, 0.717) is 0 Å². The third kappa shape index (κ3) is 2.04. The number of aryl methyl sites for hydroxylation is 2. The molecule has 1 aliphatic carbocycles. The number of ether oxygens (including phenoxy) is 1. The predicted molar refractivity (Wildman–Crippen MR) is 79.5 cm³/mol.